The first-order valence-corrected chi connectivity index (χ1v) is 6.56. The third kappa shape index (κ3) is 2.37. The van der Waals surface area contributed by atoms with Gasteiger partial charge < -0.3 is 10.1 Å². The second-order valence-electron chi connectivity index (χ2n) is 5.36. The smallest absolute Gasteiger partial charge is 0.125 e. The molecule has 1 N–H and O–H groups in total. The molecule has 2 unspecified atom stereocenters. The summed E-state index contributed by atoms with van der Waals surface area (Å²) in [5.74, 6) is 3.72. The third-order valence-electron chi connectivity index (χ3n) is 3.56. The highest BCUT2D eigenvalue weighted by molar-refractivity contribution is 5.42. The number of para-hydroxylation sites is 1. The zero-order valence-corrected chi connectivity index (χ0v) is 11.4. The normalized spacial score (nSPS) is 21.8. The zero-order chi connectivity index (χ0) is 13.2. The molecule has 0 radical (unpaired) electrons. The zero-order valence-electron chi connectivity index (χ0n) is 11.4. The largest absolute Gasteiger partial charge is 0.486 e. The van der Waals surface area contributed by atoms with Crippen LogP contribution in [-0.4, -0.2) is 11.6 Å². The van der Waals surface area contributed by atoms with Crippen molar-refractivity contribution < 1.29 is 4.74 Å². The van der Waals surface area contributed by atoms with Crippen LogP contribution in [0.15, 0.2) is 24.3 Å². The lowest BCUT2D eigenvalue weighted by Crippen LogP contribution is -2.43. The lowest BCUT2D eigenvalue weighted by molar-refractivity contribution is 0.0908. The summed E-state index contributed by atoms with van der Waals surface area (Å²) in [6.45, 7) is 6.39. The topological polar surface area (TPSA) is 21.3 Å². The van der Waals surface area contributed by atoms with Gasteiger partial charge in [-0.2, -0.15) is 0 Å². The summed E-state index contributed by atoms with van der Waals surface area (Å²) in [7, 11) is 0. The predicted molar refractivity (Wildman–Crippen MR) is 74.6 cm³/mol. The van der Waals surface area contributed by atoms with Gasteiger partial charge in [-0.05, 0) is 26.3 Å². The number of terminal acetylenes is 1. The van der Waals surface area contributed by atoms with Gasteiger partial charge in [0.1, 0.15) is 11.4 Å². The van der Waals surface area contributed by atoms with Crippen LogP contribution >= 0.6 is 0 Å². The minimum atomic E-state index is -0.230. The number of benzene rings is 1. The van der Waals surface area contributed by atoms with Gasteiger partial charge in [-0.1, -0.05) is 25.1 Å². The molecule has 2 nitrogen and oxygen atoms in total. The summed E-state index contributed by atoms with van der Waals surface area (Å²) in [5.41, 5.74) is 1.00. The molecule has 0 spiro atoms. The second-order valence-corrected chi connectivity index (χ2v) is 5.36. The standard InChI is InChI=1S/C16H21NO/c1-5-9-12(6-2)17-15-13-10-7-8-11-14(13)18-16(15,3)4/h1,7-8,10-12,15,17H,6,9H2,2-4H3. The molecule has 0 aliphatic carbocycles. The Balaban J connectivity index is 2.23. The third-order valence-corrected chi connectivity index (χ3v) is 3.56. The molecule has 1 heterocycles. The number of fused-ring (bicyclic) bond motifs is 1. The first-order chi connectivity index (χ1) is 8.58. The Labute approximate surface area is 110 Å². The van der Waals surface area contributed by atoms with Gasteiger partial charge in [0.05, 0.1) is 6.04 Å². The van der Waals surface area contributed by atoms with E-state index in [0.717, 1.165) is 18.6 Å². The van der Waals surface area contributed by atoms with E-state index < -0.39 is 0 Å². The van der Waals surface area contributed by atoms with Crippen LogP contribution in [0.2, 0.25) is 0 Å². The van der Waals surface area contributed by atoms with Gasteiger partial charge in [-0.15, -0.1) is 12.3 Å². The molecule has 1 aliphatic heterocycles. The molecule has 18 heavy (non-hydrogen) atoms. The molecule has 0 fully saturated rings. The Bertz CT molecular complexity index is 458. The molecule has 0 bridgehead atoms. The summed E-state index contributed by atoms with van der Waals surface area (Å²) in [6.07, 6.45) is 7.20. The van der Waals surface area contributed by atoms with Gasteiger partial charge in [0.25, 0.3) is 0 Å². The fourth-order valence-corrected chi connectivity index (χ4v) is 2.52. The average molecular weight is 243 g/mol. The number of ether oxygens (including phenoxy) is 1. The Morgan fingerprint density at radius 3 is 2.83 bits per heavy atom. The molecule has 96 valence electrons. The quantitative estimate of drug-likeness (QED) is 0.819. The fourth-order valence-electron chi connectivity index (χ4n) is 2.52. The van der Waals surface area contributed by atoms with E-state index in [1.165, 1.54) is 5.56 Å². The average Bonchev–Trinajstić information content (AvgIpc) is 2.59. The van der Waals surface area contributed by atoms with Crippen molar-refractivity contribution in [1.82, 2.24) is 5.32 Å². The lowest BCUT2D eigenvalue weighted by Gasteiger charge is -2.30. The maximum atomic E-state index is 6.02. The minimum absolute atomic E-state index is 0.201. The van der Waals surface area contributed by atoms with E-state index in [9.17, 15) is 0 Å². The van der Waals surface area contributed by atoms with Crippen LogP contribution in [-0.2, 0) is 0 Å². The highest BCUT2D eigenvalue weighted by Crippen LogP contribution is 2.43. The fraction of sp³-hybridized carbons (Fsp3) is 0.500. The Hall–Kier alpha value is -1.46. The van der Waals surface area contributed by atoms with E-state index in [2.05, 4.69) is 44.1 Å². The molecule has 2 rings (SSSR count). The number of hydrogen-bond donors (Lipinski definition) is 1. The van der Waals surface area contributed by atoms with Crippen LogP contribution in [0.25, 0.3) is 0 Å². The first-order valence-electron chi connectivity index (χ1n) is 6.56. The number of nitrogens with one attached hydrogen (secondary N) is 1. The molecular formula is C16H21NO. The molecule has 1 aromatic rings. The molecular weight excluding hydrogens is 222 g/mol. The number of hydrogen-bond acceptors (Lipinski definition) is 2. The van der Waals surface area contributed by atoms with Crippen molar-refractivity contribution in [3.05, 3.63) is 29.8 Å². The van der Waals surface area contributed by atoms with Crippen molar-refractivity contribution in [2.75, 3.05) is 0 Å². The van der Waals surface area contributed by atoms with Crippen LogP contribution in [0.3, 0.4) is 0 Å². The predicted octanol–water partition coefficient (Wildman–Crippen LogP) is 3.29. The van der Waals surface area contributed by atoms with Gasteiger partial charge in [-0.3, -0.25) is 0 Å². The van der Waals surface area contributed by atoms with Gasteiger partial charge >= 0.3 is 0 Å². The highest BCUT2D eigenvalue weighted by Gasteiger charge is 2.41. The highest BCUT2D eigenvalue weighted by atomic mass is 16.5. The van der Waals surface area contributed by atoms with Crippen molar-refractivity contribution in [3.63, 3.8) is 0 Å². The van der Waals surface area contributed by atoms with Crippen LogP contribution in [0, 0.1) is 12.3 Å². The lowest BCUT2D eigenvalue weighted by atomic mass is 9.93. The van der Waals surface area contributed by atoms with Gasteiger partial charge in [0.15, 0.2) is 0 Å². The maximum absolute atomic E-state index is 6.02. The summed E-state index contributed by atoms with van der Waals surface area (Å²) >= 11 is 0. The monoisotopic (exact) mass is 243 g/mol. The van der Waals surface area contributed by atoms with Crippen LogP contribution in [0.4, 0.5) is 0 Å². The van der Waals surface area contributed by atoms with Crippen molar-refractivity contribution in [2.45, 2.75) is 51.3 Å². The van der Waals surface area contributed by atoms with Crippen molar-refractivity contribution in [3.8, 4) is 18.1 Å². The van der Waals surface area contributed by atoms with Gasteiger partial charge in [0.2, 0.25) is 0 Å². The van der Waals surface area contributed by atoms with Crippen molar-refractivity contribution in [1.29, 1.82) is 0 Å². The van der Waals surface area contributed by atoms with E-state index >= 15 is 0 Å². The van der Waals surface area contributed by atoms with E-state index in [-0.39, 0.29) is 11.6 Å². The SMILES string of the molecule is C#CCC(CC)NC1c2ccccc2OC1(C)C. The molecule has 1 aromatic carbocycles. The van der Waals surface area contributed by atoms with E-state index in [1.54, 1.807) is 0 Å². The van der Waals surface area contributed by atoms with E-state index in [4.69, 9.17) is 11.2 Å². The molecule has 0 saturated heterocycles. The Morgan fingerprint density at radius 2 is 2.17 bits per heavy atom. The van der Waals surface area contributed by atoms with E-state index in [1.807, 2.05) is 12.1 Å². The first kappa shape index (κ1) is 13.0. The maximum Gasteiger partial charge on any atom is 0.125 e. The summed E-state index contributed by atoms with van der Waals surface area (Å²) in [6, 6.07) is 8.77. The van der Waals surface area contributed by atoms with Crippen LogP contribution in [0.5, 0.6) is 5.75 Å². The molecule has 0 aromatic heterocycles. The molecule has 2 heteroatoms. The minimum Gasteiger partial charge on any atom is -0.486 e. The van der Waals surface area contributed by atoms with Gasteiger partial charge in [0, 0.05) is 18.0 Å². The molecule has 0 amide bonds. The Morgan fingerprint density at radius 1 is 1.44 bits per heavy atom. The summed E-state index contributed by atoms with van der Waals surface area (Å²) in [4.78, 5) is 0. The van der Waals surface area contributed by atoms with Crippen molar-refractivity contribution in [2.24, 2.45) is 0 Å². The molecule has 2 atom stereocenters. The van der Waals surface area contributed by atoms with Crippen LogP contribution < -0.4 is 10.1 Å². The molecule has 0 saturated carbocycles. The Kier molecular flexibility index (Phi) is 3.63. The van der Waals surface area contributed by atoms with Crippen LogP contribution in [0.1, 0.15) is 45.2 Å². The van der Waals surface area contributed by atoms with E-state index in [0.29, 0.717) is 6.04 Å². The summed E-state index contributed by atoms with van der Waals surface area (Å²) in [5, 5.41) is 3.65. The molecule has 1 aliphatic rings. The van der Waals surface area contributed by atoms with Gasteiger partial charge in [-0.25, -0.2) is 0 Å². The summed E-state index contributed by atoms with van der Waals surface area (Å²) < 4.78 is 6.02. The van der Waals surface area contributed by atoms with Crippen molar-refractivity contribution >= 4 is 0 Å². The second kappa shape index (κ2) is 5.04. The number of rotatable bonds is 4.